The Morgan fingerprint density at radius 2 is 1.73 bits per heavy atom. The summed E-state index contributed by atoms with van der Waals surface area (Å²) in [5, 5.41) is 9.19. The number of hydrogen-bond acceptors (Lipinski definition) is 5. The summed E-state index contributed by atoms with van der Waals surface area (Å²) in [6, 6.07) is 13.9. The molecule has 3 aromatic rings. The Hall–Kier alpha value is -3.43. The Kier molecular flexibility index (Phi) is 13.2. The largest absolute Gasteiger partial charge is 0.454 e. The molecule has 0 spiro atoms. The third kappa shape index (κ3) is 10.3. The first-order valence-electron chi connectivity index (χ1n) is 15.0. The van der Waals surface area contributed by atoms with Gasteiger partial charge in [-0.1, -0.05) is 44.5 Å². The highest BCUT2D eigenvalue weighted by Crippen LogP contribution is 2.36. The van der Waals surface area contributed by atoms with Gasteiger partial charge in [0.1, 0.15) is 11.6 Å². The molecule has 0 fully saturated rings. The lowest BCUT2D eigenvalue weighted by Gasteiger charge is -2.24. The molecular formula is C35H46F2N4O2S. The number of thioether (sulfide) groups is 1. The molecule has 0 saturated heterocycles. The molecule has 9 heteroatoms. The highest BCUT2D eigenvalue weighted by molar-refractivity contribution is 7.99. The third-order valence-corrected chi connectivity index (χ3v) is 8.98. The predicted molar refractivity (Wildman–Crippen MR) is 181 cm³/mol. The van der Waals surface area contributed by atoms with Gasteiger partial charge in [0.15, 0.2) is 17.4 Å². The Bertz CT molecular complexity index is 1470. The van der Waals surface area contributed by atoms with Crippen LogP contribution in [0.15, 0.2) is 58.5 Å². The van der Waals surface area contributed by atoms with Crippen LogP contribution in [0.3, 0.4) is 0 Å². The van der Waals surface area contributed by atoms with E-state index in [1.54, 1.807) is 6.92 Å². The van der Waals surface area contributed by atoms with Crippen molar-refractivity contribution in [2.24, 2.45) is 21.1 Å². The van der Waals surface area contributed by atoms with E-state index in [-0.39, 0.29) is 40.8 Å². The average Bonchev–Trinajstić information content (AvgIpc) is 2.97. The van der Waals surface area contributed by atoms with Crippen LogP contribution in [0, 0.1) is 24.0 Å². The molecule has 0 aromatic heterocycles. The second-order valence-electron chi connectivity index (χ2n) is 11.9. The molecule has 3 rings (SSSR count). The lowest BCUT2D eigenvalue weighted by molar-refractivity contribution is 0.299. The Balaban J connectivity index is 1.61. The topological polar surface area (TPSA) is 106 Å². The monoisotopic (exact) mass is 624 g/mol. The van der Waals surface area contributed by atoms with E-state index in [0.29, 0.717) is 24.1 Å². The quantitative estimate of drug-likeness (QED) is 0.0697. The number of nitrogens with zero attached hydrogens (tertiary/aromatic N) is 2. The molecule has 0 unspecified atom stereocenters. The van der Waals surface area contributed by atoms with Crippen molar-refractivity contribution in [1.82, 2.24) is 0 Å². The van der Waals surface area contributed by atoms with Crippen LogP contribution in [0.2, 0.25) is 0 Å². The van der Waals surface area contributed by atoms with Crippen molar-refractivity contribution >= 4 is 29.1 Å². The first-order valence-corrected chi connectivity index (χ1v) is 16.2. The van der Waals surface area contributed by atoms with Crippen LogP contribution in [0.25, 0.3) is 0 Å². The molecule has 0 atom stereocenters. The van der Waals surface area contributed by atoms with Gasteiger partial charge in [-0.15, -0.1) is 0 Å². The number of aliphatic hydroxyl groups excluding tert-OH is 1. The van der Waals surface area contributed by atoms with Gasteiger partial charge in [0, 0.05) is 31.0 Å². The number of anilines is 1. The summed E-state index contributed by atoms with van der Waals surface area (Å²) in [5.41, 5.74) is 16.4. The van der Waals surface area contributed by atoms with Gasteiger partial charge < -0.3 is 21.3 Å². The Labute approximate surface area is 265 Å². The number of unbranched alkanes of at least 4 members (excludes halogenated alkanes) is 1. The van der Waals surface area contributed by atoms with Crippen molar-refractivity contribution in [3.05, 3.63) is 88.0 Å². The smallest absolute Gasteiger partial charge is 0.168 e. The third-order valence-electron chi connectivity index (χ3n) is 7.50. The van der Waals surface area contributed by atoms with Gasteiger partial charge in [-0.05, 0) is 97.8 Å². The normalized spacial score (nSPS) is 12.5. The van der Waals surface area contributed by atoms with Crippen LogP contribution in [0.4, 0.5) is 14.5 Å². The van der Waals surface area contributed by atoms with Crippen molar-refractivity contribution < 1.29 is 18.6 Å². The minimum absolute atomic E-state index is 0.0886. The van der Waals surface area contributed by atoms with Gasteiger partial charge in [0.2, 0.25) is 0 Å². The fraction of sp³-hybridized carbons (Fsp3) is 0.429. The number of aryl methyl sites for hydroxylation is 1. The molecule has 0 bridgehead atoms. The minimum atomic E-state index is -0.568. The second kappa shape index (κ2) is 16.6. The number of amidine groups is 2. The van der Waals surface area contributed by atoms with E-state index in [4.69, 9.17) is 16.2 Å². The van der Waals surface area contributed by atoms with Crippen molar-refractivity contribution in [1.29, 1.82) is 0 Å². The number of halogens is 2. The first kappa shape index (κ1) is 35.1. The number of benzene rings is 3. The summed E-state index contributed by atoms with van der Waals surface area (Å²) in [7, 11) is 1.50. The Morgan fingerprint density at radius 3 is 2.41 bits per heavy atom. The SMILES string of the molecule is CN=C(N=C(C)N)c1cc(Oc2c(F)cc(N)c(C)c2CCSCC(C)(C)CCCCc2cccc(CCO)c2)ccc1F. The summed E-state index contributed by atoms with van der Waals surface area (Å²) in [6.07, 6.45) is 5.66. The maximum absolute atomic E-state index is 15.2. The van der Waals surface area contributed by atoms with Gasteiger partial charge >= 0.3 is 0 Å². The van der Waals surface area contributed by atoms with Gasteiger partial charge in [0.05, 0.1) is 11.4 Å². The number of nitrogens with two attached hydrogens (primary N) is 2. The maximum atomic E-state index is 15.2. The van der Waals surface area contributed by atoms with Crippen molar-refractivity contribution in [2.45, 2.75) is 66.2 Å². The summed E-state index contributed by atoms with van der Waals surface area (Å²) < 4.78 is 35.9. The van der Waals surface area contributed by atoms with Crippen LogP contribution < -0.4 is 16.2 Å². The van der Waals surface area contributed by atoms with E-state index in [1.165, 1.54) is 42.4 Å². The predicted octanol–water partition coefficient (Wildman–Crippen LogP) is 7.65. The lowest BCUT2D eigenvalue weighted by atomic mass is 9.88. The molecule has 0 amide bonds. The number of aliphatic hydroxyl groups is 1. The van der Waals surface area contributed by atoms with Crippen LogP contribution >= 0.6 is 11.8 Å². The Morgan fingerprint density at radius 1 is 1.00 bits per heavy atom. The van der Waals surface area contributed by atoms with Crippen LogP contribution in [0.1, 0.15) is 67.9 Å². The van der Waals surface area contributed by atoms with E-state index in [0.717, 1.165) is 42.8 Å². The zero-order valence-electron chi connectivity index (χ0n) is 26.6. The summed E-state index contributed by atoms with van der Waals surface area (Å²) in [6.45, 7) is 8.20. The minimum Gasteiger partial charge on any atom is -0.454 e. The number of aliphatic imine (C=N–C) groups is 2. The fourth-order valence-corrected chi connectivity index (χ4v) is 6.25. The van der Waals surface area contributed by atoms with Crippen LogP contribution in [-0.4, -0.2) is 41.9 Å². The average molecular weight is 625 g/mol. The van der Waals surface area contributed by atoms with E-state index in [9.17, 15) is 9.50 Å². The fourth-order valence-electron chi connectivity index (χ4n) is 5.06. The molecule has 6 nitrogen and oxygen atoms in total. The maximum Gasteiger partial charge on any atom is 0.168 e. The van der Waals surface area contributed by atoms with E-state index in [2.05, 4.69) is 48.1 Å². The van der Waals surface area contributed by atoms with Gasteiger partial charge in [-0.2, -0.15) is 11.8 Å². The molecule has 238 valence electrons. The zero-order chi connectivity index (χ0) is 32.3. The molecule has 0 heterocycles. The number of ether oxygens (including phenoxy) is 1. The molecule has 0 aliphatic heterocycles. The number of hydrogen-bond donors (Lipinski definition) is 3. The summed E-state index contributed by atoms with van der Waals surface area (Å²) >= 11 is 1.83. The van der Waals surface area contributed by atoms with Crippen molar-refractivity contribution in [3.8, 4) is 11.5 Å². The zero-order valence-corrected chi connectivity index (χ0v) is 27.4. The second-order valence-corrected chi connectivity index (χ2v) is 13.0. The standard InChI is InChI=1S/C35H46F2N4O2S/c1-23-28(15-18-44-22-35(3,4)16-7-6-9-25-10-8-11-26(19-25)14-17-42)33(31(37)21-32(23)39)43-27-12-13-30(36)29(20-27)34(40-5)41-24(2)38/h8,10-13,19-21,42H,6-7,9,14-18,22,39H2,1-5H3,(H2,38,40,41). The molecule has 3 aromatic carbocycles. The van der Waals surface area contributed by atoms with Gasteiger partial charge in [-0.25, -0.2) is 13.8 Å². The number of nitrogen functional groups attached to an aromatic ring is 1. The van der Waals surface area contributed by atoms with Gasteiger partial charge in [-0.3, -0.25) is 4.99 Å². The lowest BCUT2D eigenvalue weighted by Crippen LogP contribution is -2.15. The van der Waals surface area contributed by atoms with Gasteiger partial charge in [0.25, 0.3) is 0 Å². The highest BCUT2D eigenvalue weighted by atomic mass is 32.2. The van der Waals surface area contributed by atoms with Crippen molar-refractivity contribution in [3.63, 3.8) is 0 Å². The highest BCUT2D eigenvalue weighted by Gasteiger charge is 2.21. The van der Waals surface area contributed by atoms with Crippen LogP contribution in [0.5, 0.6) is 11.5 Å². The number of rotatable bonds is 15. The van der Waals surface area contributed by atoms with E-state index < -0.39 is 11.6 Å². The molecule has 5 N–H and O–H groups in total. The molecule has 0 aliphatic rings. The molecule has 44 heavy (non-hydrogen) atoms. The van der Waals surface area contributed by atoms with Crippen molar-refractivity contribution in [2.75, 3.05) is 30.9 Å². The van der Waals surface area contributed by atoms with Crippen LogP contribution in [-0.2, 0) is 19.3 Å². The molecule has 0 saturated carbocycles. The summed E-state index contributed by atoms with van der Waals surface area (Å²) in [4.78, 5) is 8.14. The molecule has 0 aliphatic carbocycles. The van der Waals surface area contributed by atoms with E-state index in [1.807, 2.05) is 18.7 Å². The summed E-state index contributed by atoms with van der Waals surface area (Å²) in [5.74, 6) is 1.34. The van der Waals surface area contributed by atoms with E-state index >= 15 is 4.39 Å². The molecule has 0 radical (unpaired) electrons. The first-order chi connectivity index (χ1) is 20.9. The molecular weight excluding hydrogens is 578 g/mol.